The monoisotopic (exact) mass is 436 g/mol. The third-order valence-corrected chi connectivity index (χ3v) is 6.85. The van der Waals surface area contributed by atoms with Crippen molar-refractivity contribution in [1.29, 1.82) is 0 Å². The first-order valence-corrected chi connectivity index (χ1v) is 11.0. The summed E-state index contributed by atoms with van der Waals surface area (Å²) < 4.78 is 12.0. The molecule has 3 aromatic rings. The van der Waals surface area contributed by atoms with Crippen LogP contribution >= 0.6 is 11.6 Å². The van der Waals surface area contributed by atoms with Crippen molar-refractivity contribution in [2.75, 3.05) is 20.2 Å². The zero-order valence-electron chi connectivity index (χ0n) is 17.4. The molecule has 1 aromatic carbocycles. The van der Waals surface area contributed by atoms with E-state index in [9.17, 15) is 0 Å². The van der Waals surface area contributed by atoms with Gasteiger partial charge in [0, 0.05) is 29.8 Å². The third-order valence-electron chi connectivity index (χ3n) is 6.65. The molecule has 31 heavy (non-hydrogen) atoms. The summed E-state index contributed by atoms with van der Waals surface area (Å²) in [5.74, 6) is 2.42. The Balaban J connectivity index is 1.58. The number of rotatable bonds is 6. The molecule has 0 radical (unpaired) electrons. The van der Waals surface area contributed by atoms with E-state index in [0.29, 0.717) is 22.9 Å². The van der Waals surface area contributed by atoms with Crippen LogP contribution in [0.4, 0.5) is 0 Å². The number of piperidine rings is 3. The van der Waals surface area contributed by atoms with Gasteiger partial charge in [-0.25, -0.2) is 0 Å². The summed E-state index contributed by atoms with van der Waals surface area (Å²) >= 11 is 5.94. The molecule has 160 valence electrons. The van der Waals surface area contributed by atoms with E-state index in [2.05, 4.69) is 32.7 Å². The first-order valence-electron chi connectivity index (χ1n) is 10.6. The summed E-state index contributed by atoms with van der Waals surface area (Å²) in [5, 5.41) is 9.50. The van der Waals surface area contributed by atoms with Crippen LogP contribution < -0.4 is 9.47 Å². The number of hydrogen-bond donors (Lipinski definition) is 0. The van der Waals surface area contributed by atoms with Gasteiger partial charge >= 0.3 is 0 Å². The lowest BCUT2D eigenvalue weighted by Crippen LogP contribution is -2.55. The fourth-order valence-electron chi connectivity index (χ4n) is 5.06. The predicted molar refractivity (Wildman–Crippen MR) is 120 cm³/mol. The van der Waals surface area contributed by atoms with Crippen LogP contribution in [-0.2, 0) is 0 Å². The van der Waals surface area contributed by atoms with Crippen LogP contribution in [0.15, 0.2) is 55.3 Å². The molecule has 1 unspecified atom stereocenters. The number of nitrogens with zero attached hydrogens (tertiary/aromatic N) is 4. The molecule has 3 aliphatic heterocycles. The molecule has 0 N–H and O–H groups in total. The van der Waals surface area contributed by atoms with Crippen LogP contribution in [0, 0.1) is 11.8 Å². The maximum absolute atomic E-state index is 6.53. The average molecular weight is 437 g/mol. The molecule has 0 amide bonds. The van der Waals surface area contributed by atoms with Crippen LogP contribution in [-0.4, -0.2) is 46.3 Å². The largest absolute Gasteiger partial charge is 0.497 e. The molecule has 6 rings (SSSR count). The van der Waals surface area contributed by atoms with Gasteiger partial charge in [-0.3, -0.25) is 9.88 Å². The van der Waals surface area contributed by atoms with Crippen molar-refractivity contribution in [3.63, 3.8) is 0 Å². The zero-order chi connectivity index (χ0) is 21.4. The number of halogens is 1. The van der Waals surface area contributed by atoms with E-state index in [1.54, 1.807) is 19.2 Å². The molecular formula is C24H25ClN4O2. The number of ether oxygens (including phenoxy) is 2. The third kappa shape index (κ3) is 3.86. The van der Waals surface area contributed by atoms with Gasteiger partial charge in [-0.05, 0) is 61.6 Å². The van der Waals surface area contributed by atoms with E-state index in [4.69, 9.17) is 21.1 Å². The molecule has 3 aliphatic rings. The topological polar surface area (TPSA) is 60.4 Å². The molecule has 7 heteroatoms. The van der Waals surface area contributed by atoms with E-state index in [1.165, 1.54) is 6.42 Å². The van der Waals surface area contributed by atoms with Crippen LogP contribution in [0.1, 0.15) is 24.5 Å². The Morgan fingerprint density at radius 2 is 2.13 bits per heavy atom. The van der Waals surface area contributed by atoms with Crippen molar-refractivity contribution in [2.45, 2.75) is 25.0 Å². The Labute approximate surface area is 186 Å². The van der Waals surface area contributed by atoms with E-state index >= 15 is 0 Å². The molecule has 6 nitrogen and oxygen atoms in total. The number of methoxy groups -OCH3 is 1. The lowest BCUT2D eigenvalue weighted by Gasteiger charge is -2.51. The maximum Gasteiger partial charge on any atom is 0.234 e. The molecule has 5 atom stereocenters. The van der Waals surface area contributed by atoms with Gasteiger partial charge in [-0.15, -0.1) is 16.8 Å². The first kappa shape index (κ1) is 20.2. The standard InChI is InChI=1S/C24H25ClN4O2/c1-3-15-14-29-11-9-16(15)12-21(29)24(31-23-7-6-22(25)27-28-23)18-8-10-26-20-5-4-17(30-2)13-19(18)20/h3-8,10,13,15-16,21,24H,1,9,11-12,14H2,2H3/t15-,16-,21-,24+/m0/s1. The highest BCUT2D eigenvalue weighted by atomic mass is 35.5. The van der Waals surface area contributed by atoms with Crippen LogP contribution in [0.25, 0.3) is 10.9 Å². The summed E-state index contributed by atoms with van der Waals surface area (Å²) in [4.78, 5) is 7.09. The smallest absolute Gasteiger partial charge is 0.234 e. The number of hydrogen-bond acceptors (Lipinski definition) is 6. The maximum atomic E-state index is 6.53. The molecule has 2 bridgehead atoms. The molecule has 0 spiro atoms. The SMILES string of the molecule is C=C[C@H]1CN2CC[C@H]1C[C@H]2[C@H](Oc1ccc(Cl)nn1)c1ccnc2ccc(OC)cc12. The van der Waals surface area contributed by atoms with Gasteiger partial charge in [-0.1, -0.05) is 17.7 Å². The van der Waals surface area contributed by atoms with Gasteiger partial charge < -0.3 is 9.47 Å². The van der Waals surface area contributed by atoms with Crippen molar-refractivity contribution in [3.8, 4) is 11.6 Å². The second-order valence-corrected chi connectivity index (χ2v) is 8.65. The van der Waals surface area contributed by atoms with Crippen molar-refractivity contribution >= 4 is 22.5 Å². The number of aromatic nitrogens is 3. The Hall–Kier alpha value is -2.70. The van der Waals surface area contributed by atoms with Gasteiger partial charge in [-0.2, -0.15) is 0 Å². The molecular weight excluding hydrogens is 412 g/mol. The minimum Gasteiger partial charge on any atom is -0.497 e. The Morgan fingerprint density at radius 1 is 1.23 bits per heavy atom. The fraction of sp³-hybridized carbons (Fsp3) is 0.375. The Bertz CT molecular complexity index is 1090. The van der Waals surface area contributed by atoms with Gasteiger partial charge in [0.2, 0.25) is 5.88 Å². The Morgan fingerprint density at radius 3 is 2.84 bits per heavy atom. The number of fused-ring (bicyclic) bond motifs is 4. The summed E-state index contributed by atoms with van der Waals surface area (Å²) in [6, 6.07) is 11.7. The fourth-order valence-corrected chi connectivity index (χ4v) is 5.16. The predicted octanol–water partition coefficient (Wildman–Crippen LogP) is 4.70. The lowest BCUT2D eigenvalue weighted by molar-refractivity contribution is -0.0370. The van der Waals surface area contributed by atoms with Crippen molar-refractivity contribution < 1.29 is 9.47 Å². The molecule has 5 heterocycles. The van der Waals surface area contributed by atoms with E-state index in [0.717, 1.165) is 41.7 Å². The normalized spacial score (nSPS) is 25.9. The molecule has 0 aliphatic carbocycles. The summed E-state index contributed by atoms with van der Waals surface area (Å²) in [5.41, 5.74) is 1.99. The second-order valence-electron chi connectivity index (χ2n) is 8.26. The highest BCUT2D eigenvalue weighted by molar-refractivity contribution is 6.29. The summed E-state index contributed by atoms with van der Waals surface area (Å²) in [6.07, 6.45) is 5.99. The number of pyridine rings is 1. The minimum atomic E-state index is -0.221. The Kier molecular flexibility index (Phi) is 5.50. The van der Waals surface area contributed by atoms with Crippen molar-refractivity contribution in [1.82, 2.24) is 20.1 Å². The van der Waals surface area contributed by atoms with E-state index < -0.39 is 0 Å². The molecule has 3 saturated heterocycles. The van der Waals surface area contributed by atoms with Crippen LogP contribution in [0.3, 0.4) is 0 Å². The van der Waals surface area contributed by atoms with E-state index in [1.807, 2.05) is 30.5 Å². The summed E-state index contributed by atoms with van der Waals surface area (Å²) in [7, 11) is 1.68. The second kappa shape index (κ2) is 8.44. The van der Waals surface area contributed by atoms with Gasteiger partial charge in [0.05, 0.1) is 18.7 Å². The molecule has 2 aromatic heterocycles. The van der Waals surface area contributed by atoms with Crippen molar-refractivity contribution in [2.24, 2.45) is 11.8 Å². The quantitative estimate of drug-likeness (QED) is 0.522. The highest BCUT2D eigenvalue weighted by Crippen LogP contribution is 2.43. The van der Waals surface area contributed by atoms with Gasteiger partial charge in [0.1, 0.15) is 11.9 Å². The first-order chi connectivity index (χ1) is 15.2. The van der Waals surface area contributed by atoms with E-state index in [-0.39, 0.29) is 12.1 Å². The van der Waals surface area contributed by atoms with Gasteiger partial charge in [0.25, 0.3) is 0 Å². The lowest BCUT2D eigenvalue weighted by atomic mass is 9.73. The average Bonchev–Trinajstić information content (AvgIpc) is 2.83. The zero-order valence-corrected chi connectivity index (χ0v) is 18.2. The number of benzene rings is 1. The highest BCUT2D eigenvalue weighted by Gasteiger charge is 2.44. The van der Waals surface area contributed by atoms with Crippen LogP contribution in [0.2, 0.25) is 5.15 Å². The van der Waals surface area contributed by atoms with Crippen LogP contribution in [0.5, 0.6) is 11.6 Å². The molecule has 3 fully saturated rings. The van der Waals surface area contributed by atoms with Gasteiger partial charge in [0.15, 0.2) is 5.15 Å². The minimum absolute atomic E-state index is 0.221. The summed E-state index contributed by atoms with van der Waals surface area (Å²) in [6.45, 7) is 6.14. The van der Waals surface area contributed by atoms with Crippen molar-refractivity contribution in [3.05, 3.63) is 66.0 Å². The molecule has 0 saturated carbocycles.